The van der Waals surface area contributed by atoms with Crippen LogP contribution in [0.4, 0.5) is 0 Å². The van der Waals surface area contributed by atoms with Crippen molar-refractivity contribution < 1.29 is 9.84 Å². The zero-order chi connectivity index (χ0) is 26.5. The molecule has 0 aliphatic carbocycles. The largest absolute Gasteiger partial charge is 0.478 e. The lowest BCUT2D eigenvalue weighted by molar-refractivity contribution is 0.173. The molecule has 38 heavy (non-hydrogen) atoms. The second-order valence-electron chi connectivity index (χ2n) is 9.30. The van der Waals surface area contributed by atoms with Crippen LogP contribution in [0, 0.1) is 11.3 Å². The van der Waals surface area contributed by atoms with E-state index in [1.807, 2.05) is 46.7 Å². The first-order chi connectivity index (χ1) is 18.6. The van der Waals surface area contributed by atoms with Crippen molar-refractivity contribution in [1.29, 1.82) is 5.26 Å². The van der Waals surface area contributed by atoms with Crippen LogP contribution in [0.5, 0.6) is 5.88 Å². The maximum absolute atomic E-state index is 9.12. The van der Waals surface area contributed by atoms with Gasteiger partial charge in [0.25, 0.3) is 5.88 Å². The summed E-state index contributed by atoms with van der Waals surface area (Å²) in [5.41, 5.74) is 5.82. The number of fused-ring (bicyclic) bond motifs is 2. The third kappa shape index (κ3) is 5.09. The molecule has 2 aromatic carbocycles. The van der Waals surface area contributed by atoms with Gasteiger partial charge >= 0.3 is 0 Å². The fourth-order valence-electron chi connectivity index (χ4n) is 4.91. The van der Waals surface area contributed by atoms with E-state index in [0.717, 1.165) is 40.0 Å². The van der Waals surface area contributed by atoms with Crippen LogP contribution in [0.3, 0.4) is 0 Å². The van der Waals surface area contributed by atoms with E-state index in [9.17, 15) is 0 Å². The number of nitriles is 1. The number of nitrogens with zero attached hydrogens (tertiary/aromatic N) is 7. The van der Waals surface area contributed by atoms with Gasteiger partial charge in [-0.1, -0.05) is 24.6 Å². The van der Waals surface area contributed by atoms with Crippen LogP contribution in [0.15, 0.2) is 61.1 Å². The number of aryl methyl sites for hydroxylation is 1. The molecule has 6 rings (SSSR count). The monoisotopic (exact) mass is 509 g/mol. The number of hydrogen-bond acceptors (Lipinski definition) is 7. The van der Waals surface area contributed by atoms with Crippen LogP contribution in [0.1, 0.15) is 24.8 Å². The van der Waals surface area contributed by atoms with E-state index in [0.29, 0.717) is 23.7 Å². The van der Waals surface area contributed by atoms with Gasteiger partial charge in [-0.3, -0.25) is 9.08 Å². The number of hydrogen-bond donors (Lipinski definition) is 1. The zero-order valence-corrected chi connectivity index (χ0v) is 21.7. The van der Waals surface area contributed by atoms with Crippen LogP contribution < -0.4 is 4.74 Å². The molecule has 9 nitrogen and oxygen atoms in total. The summed E-state index contributed by atoms with van der Waals surface area (Å²) in [5.74, 6) is 0.445. The Morgan fingerprint density at radius 3 is 2.53 bits per heavy atom. The molecule has 1 saturated heterocycles. The van der Waals surface area contributed by atoms with Crippen molar-refractivity contribution in [2.75, 3.05) is 33.4 Å². The highest BCUT2D eigenvalue weighted by atomic mass is 16.5. The maximum Gasteiger partial charge on any atom is 0.258 e. The molecular formula is C29H31N7O2. The molecule has 0 saturated carbocycles. The lowest BCUT2D eigenvalue weighted by Crippen LogP contribution is -2.31. The number of aromatic nitrogens is 5. The number of aliphatic hydroxyl groups is 1. The summed E-state index contributed by atoms with van der Waals surface area (Å²) in [4.78, 5) is 11.5. The minimum absolute atomic E-state index is 0.319. The number of ether oxygens (including phenoxy) is 1. The number of rotatable bonds is 5. The second kappa shape index (κ2) is 11.4. The van der Waals surface area contributed by atoms with Gasteiger partial charge in [-0.2, -0.15) is 10.4 Å². The summed E-state index contributed by atoms with van der Waals surface area (Å²) in [7, 11) is 3.51. The highest BCUT2D eigenvalue weighted by Crippen LogP contribution is 2.35. The van der Waals surface area contributed by atoms with Gasteiger partial charge < -0.3 is 14.7 Å². The second-order valence-corrected chi connectivity index (χ2v) is 9.30. The van der Waals surface area contributed by atoms with E-state index >= 15 is 0 Å². The molecule has 4 heterocycles. The number of likely N-dealkylation sites (tertiary alicyclic amines) is 1. The van der Waals surface area contributed by atoms with Crippen molar-refractivity contribution in [3.05, 3.63) is 66.6 Å². The Bertz CT molecular complexity index is 1570. The molecule has 194 valence electrons. The summed E-state index contributed by atoms with van der Waals surface area (Å²) < 4.78 is 9.33. The summed E-state index contributed by atoms with van der Waals surface area (Å²) >= 11 is 0. The third-order valence-corrected chi connectivity index (χ3v) is 6.88. The zero-order valence-electron chi connectivity index (χ0n) is 21.7. The van der Waals surface area contributed by atoms with Gasteiger partial charge in [0.05, 0.1) is 48.5 Å². The van der Waals surface area contributed by atoms with Gasteiger partial charge in [0.2, 0.25) is 5.65 Å². The highest BCUT2D eigenvalue weighted by molar-refractivity contribution is 5.88. The molecule has 0 amide bonds. The normalized spacial score (nSPS) is 13.7. The molecule has 1 fully saturated rings. The van der Waals surface area contributed by atoms with E-state index < -0.39 is 0 Å². The fourth-order valence-corrected chi connectivity index (χ4v) is 4.91. The highest BCUT2D eigenvalue weighted by Gasteiger charge is 2.19. The Kier molecular flexibility index (Phi) is 7.63. The molecule has 9 heteroatoms. The average molecular weight is 510 g/mol. The molecular weight excluding hydrogens is 478 g/mol. The minimum Gasteiger partial charge on any atom is -0.478 e. The van der Waals surface area contributed by atoms with Crippen molar-refractivity contribution in [2.24, 2.45) is 7.05 Å². The lowest BCUT2D eigenvalue weighted by Gasteiger charge is -2.25. The van der Waals surface area contributed by atoms with Crippen molar-refractivity contribution in [2.45, 2.75) is 19.3 Å². The quantitative estimate of drug-likeness (QED) is 0.377. The maximum atomic E-state index is 9.12. The molecule has 5 aromatic rings. The Morgan fingerprint density at radius 1 is 1.05 bits per heavy atom. The number of imidazole rings is 1. The number of piperidine rings is 1. The first-order valence-electron chi connectivity index (χ1n) is 12.8. The van der Waals surface area contributed by atoms with Gasteiger partial charge in [0, 0.05) is 42.5 Å². The molecule has 1 N–H and O–H groups in total. The van der Waals surface area contributed by atoms with Crippen molar-refractivity contribution in [3.8, 4) is 34.5 Å². The van der Waals surface area contributed by atoms with Crippen molar-refractivity contribution in [3.63, 3.8) is 0 Å². The first kappa shape index (κ1) is 25.4. The van der Waals surface area contributed by atoms with Gasteiger partial charge in [0.1, 0.15) is 0 Å². The summed E-state index contributed by atoms with van der Waals surface area (Å²) in [6.45, 7) is 3.58. The minimum atomic E-state index is 0.319. The van der Waals surface area contributed by atoms with Crippen LogP contribution in [0.2, 0.25) is 0 Å². The number of methoxy groups -OCH3 is 1. The Labute approximate surface area is 221 Å². The fraction of sp³-hybridized carbons (Fsp3) is 0.310. The molecule has 0 bridgehead atoms. The molecule has 1 aliphatic rings. The predicted molar refractivity (Wildman–Crippen MR) is 147 cm³/mol. The van der Waals surface area contributed by atoms with Crippen LogP contribution in [0.25, 0.3) is 39.1 Å². The lowest BCUT2D eigenvalue weighted by atomic mass is 10.0. The molecule has 0 unspecified atom stereocenters. The number of aliphatic hydroxyl groups excluding tert-OH is 1. The Balaban J connectivity index is 0.000000278. The van der Waals surface area contributed by atoms with E-state index in [-0.39, 0.29) is 0 Å². The Hall–Kier alpha value is -4.26. The SMILES string of the molecule is COc1nc(-c2ccc(C#N)cc2)c(-c2ccc3c(cnn3C)c2)n2ccnc12.OCCN1CCCCC1. The van der Waals surface area contributed by atoms with Gasteiger partial charge in [0.15, 0.2) is 0 Å². The summed E-state index contributed by atoms with van der Waals surface area (Å²) in [6, 6.07) is 15.7. The standard InChI is InChI=1S/C22H16N6O.C7H15NO/c1-27-18-8-7-16(11-17(18)13-25-27)20-19(15-5-3-14(12-23)4-6-15)26-22(29-2)21-24-9-10-28(20)21;9-7-6-8-4-2-1-3-5-8/h3-11,13H,1-2H3;9H,1-7H2. The topological polar surface area (TPSA) is 104 Å². The smallest absolute Gasteiger partial charge is 0.258 e. The van der Waals surface area contributed by atoms with Crippen molar-refractivity contribution >= 4 is 16.6 Å². The molecule has 0 atom stereocenters. The molecule has 1 aliphatic heterocycles. The van der Waals surface area contributed by atoms with E-state index in [4.69, 9.17) is 20.1 Å². The molecule has 3 aromatic heterocycles. The van der Waals surface area contributed by atoms with Crippen LogP contribution in [-0.2, 0) is 7.05 Å². The van der Waals surface area contributed by atoms with E-state index in [1.54, 1.807) is 25.4 Å². The van der Waals surface area contributed by atoms with Gasteiger partial charge in [-0.25, -0.2) is 9.97 Å². The van der Waals surface area contributed by atoms with E-state index in [1.165, 1.54) is 32.4 Å². The van der Waals surface area contributed by atoms with Crippen LogP contribution >= 0.6 is 0 Å². The van der Waals surface area contributed by atoms with E-state index in [2.05, 4.69) is 33.2 Å². The van der Waals surface area contributed by atoms with Crippen molar-refractivity contribution in [1.82, 2.24) is 29.0 Å². The van der Waals surface area contributed by atoms with Gasteiger partial charge in [-0.05, 0) is 50.2 Å². The third-order valence-electron chi connectivity index (χ3n) is 6.88. The average Bonchev–Trinajstić information content (AvgIpc) is 3.60. The predicted octanol–water partition coefficient (Wildman–Crippen LogP) is 4.29. The summed E-state index contributed by atoms with van der Waals surface area (Å²) in [6.07, 6.45) is 9.49. The number of benzene rings is 2. The number of β-amino-alcohol motifs (C(OH)–C–C–N with tert-alkyl or cyclic N) is 1. The molecule has 0 radical (unpaired) electrons. The van der Waals surface area contributed by atoms with Crippen LogP contribution in [-0.4, -0.2) is 67.5 Å². The summed E-state index contributed by atoms with van der Waals surface area (Å²) in [5, 5.41) is 23.1. The first-order valence-corrected chi connectivity index (χ1v) is 12.8. The molecule has 0 spiro atoms. The Morgan fingerprint density at radius 2 is 1.82 bits per heavy atom. The van der Waals surface area contributed by atoms with Gasteiger partial charge in [-0.15, -0.1) is 0 Å².